The maximum atomic E-state index is 12.8. The number of amides is 1. The van der Waals surface area contributed by atoms with E-state index in [1.54, 1.807) is 0 Å². The van der Waals surface area contributed by atoms with Gasteiger partial charge in [0.15, 0.2) is 0 Å². The summed E-state index contributed by atoms with van der Waals surface area (Å²) >= 11 is 0. The number of aryl methyl sites for hydroxylation is 1. The Labute approximate surface area is 143 Å². The van der Waals surface area contributed by atoms with Crippen molar-refractivity contribution in [2.24, 2.45) is 0 Å². The Morgan fingerprint density at radius 3 is 2.17 bits per heavy atom. The van der Waals surface area contributed by atoms with Crippen LogP contribution < -0.4 is 10.2 Å². The van der Waals surface area contributed by atoms with Gasteiger partial charge in [0.25, 0.3) is 0 Å². The van der Waals surface area contributed by atoms with Crippen LogP contribution in [-0.2, 0) is 10.2 Å². The molecule has 1 aliphatic heterocycles. The zero-order chi connectivity index (χ0) is 16.6. The molecule has 1 heterocycles. The molecule has 0 unspecified atom stereocenters. The highest BCUT2D eigenvalue weighted by molar-refractivity contribution is 6.01. The summed E-state index contributed by atoms with van der Waals surface area (Å²) < 4.78 is 0. The fourth-order valence-electron chi connectivity index (χ4n) is 3.63. The van der Waals surface area contributed by atoms with E-state index in [4.69, 9.17) is 0 Å². The Morgan fingerprint density at radius 1 is 0.958 bits per heavy atom. The third kappa shape index (κ3) is 2.79. The Morgan fingerprint density at radius 2 is 1.58 bits per heavy atom. The summed E-state index contributed by atoms with van der Waals surface area (Å²) in [6.07, 6.45) is 4.43. The zero-order valence-corrected chi connectivity index (χ0v) is 14.2. The Hall–Kier alpha value is -2.29. The minimum Gasteiger partial charge on any atom is -0.372 e. The fourth-order valence-corrected chi connectivity index (χ4v) is 3.63. The highest BCUT2D eigenvalue weighted by Crippen LogP contribution is 2.49. The first kappa shape index (κ1) is 15.3. The molecule has 1 saturated heterocycles. The summed E-state index contributed by atoms with van der Waals surface area (Å²) in [7, 11) is 0. The number of anilines is 2. The summed E-state index contributed by atoms with van der Waals surface area (Å²) in [6.45, 7) is 4.36. The van der Waals surface area contributed by atoms with Crippen LogP contribution in [-0.4, -0.2) is 19.0 Å². The van der Waals surface area contributed by atoms with Crippen molar-refractivity contribution in [3.8, 4) is 0 Å². The number of carbonyl (C=O) groups is 1. The highest BCUT2D eigenvalue weighted by atomic mass is 16.2. The van der Waals surface area contributed by atoms with Crippen LogP contribution in [0.4, 0.5) is 11.4 Å². The van der Waals surface area contributed by atoms with E-state index < -0.39 is 0 Å². The average Bonchev–Trinajstić information content (AvgIpc) is 3.23. The standard InChI is InChI=1S/C21H24N2O/c1-16-4-6-17(7-5-16)21(12-13-21)20(24)22-18-8-10-19(11-9-18)23-14-2-3-15-23/h4-11H,2-3,12-15H2,1H3,(H,22,24). The molecular weight excluding hydrogens is 296 g/mol. The molecule has 0 radical (unpaired) electrons. The van der Waals surface area contributed by atoms with Crippen LogP contribution in [0.15, 0.2) is 48.5 Å². The molecule has 0 spiro atoms. The van der Waals surface area contributed by atoms with Gasteiger partial charge in [-0.05, 0) is 62.4 Å². The molecule has 1 N–H and O–H groups in total. The van der Waals surface area contributed by atoms with Crippen LogP contribution >= 0.6 is 0 Å². The van der Waals surface area contributed by atoms with Gasteiger partial charge in [-0.2, -0.15) is 0 Å². The third-order valence-corrected chi connectivity index (χ3v) is 5.39. The average molecular weight is 320 g/mol. The lowest BCUT2D eigenvalue weighted by molar-refractivity contribution is -0.118. The molecule has 0 atom stereocenters. The Balaban J connectivity index is 1.46. The molecular formula is C21H24N2O. The number of hydrogen-bond acceptors (Lipinski definition) is 2. The van der Waals surface area contributed by atoms with Crippen LogP contribution in [0.5, 0.6) is 0 Å². The molecule has 2 fully saturated rings. The van der Waals surface area contributed by atoms with Crippen LogP contribution in [0.2, 0.25) is 0 Å². The Bertz CT molecular complexity index is 723. The van der Waals surface area contributed by atoms with Gasteiger partial charge < -0.3 is 10.2 Å². The SMILES string of the molecule is Cc1ccc(C2(C(=O)Nc3ccc(N4CCCC4)cc3)CC2)cc1. The van der Waals surface area contributed by atoms with E-state index >= 15 is 0 Å². The largest absolute Gasteiger partial charge is 0.372 e. The van der Waals surface area contributed by atoms with E-state index in [-0.39, 0.29) is 11.3 Å². The maximum absolute atomic E-state index is 12.8. The van der Waals surface area contributed by atoms with Crippen molar-refractivity contribution in [3.63, 3.8) is 0 Å². The topological polar surface area (TPSA) is 32.3 Å². The van der Waals surface area contributed by atoms with Crippen LogP contribution in [0.25, 0.3) is 0 Å². The number of nitrogens with zero attached hydrogens (tertiary/aromatic N) is 1. The van der Waals surface area contributed by atoms with E-state index in [0.717, 1.165) is 37.2 Å². The lowest BCUT2D eigenvalue weighted by Gasteiger charge is -2.19. The molecule has 2 aromatic carbocycles. The molecule has 24 heavy (non-hydrogen) atoms. The van der Waals surface area contributed by atoms with Gasteiger partial charge in [0.2, 0.25) is 5.91 Å². The second kappa shape index (κ2) is 5.97. The first-order valence-corrected chi connectivity index (χ1v) is 8.91. The molecule has 2 aliphatic rings. The van der Waals surface area contributed by atoms with Gasteiger partial charge in [-0.1, -0.05) is 29.8 Å². The van der Waals surface area contributed by atoms with Crippen molar-refractivity contribution in [1.82, 2.24) is 0 Å². The first-order chi connectivity index (χ1) is 11.7. The van der Waals surface area contributed by atoms with E-state index in [0.29, 0.717) is 0 Å². The highest BCUT2D eigenvalue weighted by Gasteiger charge is 2.51. The van der Waals surface area contributed by atoms with E-state index in [2.05, 4.69) is 53.5 Å². The summed E-state index contributed by atoms with van der Waals surface area (Å²) in [5.74, 6) is 0.125. The number of rotatable bonds is 4. The molecule has 1 aliphatic carbocycles. The van der Waals surface area contributed by atoms with Gasteiger partial charge in [0, 0.05) is 24.5 Å². The quantitative estimate of drug-likeness (QED) is 0.912. The molecule has 2 aromatic rings. The second-order valence-electron chi connectivity index (χ2n) is 7.14. The zero-order valence-electron chi connectivity index (χ0n) is 14.2. The van der Waals surface area contributed by atoms with E-state index in [1.165, 1.54) is 24.1 Å². The number of carbonyl (C=O) groups excluding carboxylic acids is 1. The fraction of sp³-hybridized carbons (Fsp3) is 0.381. The molecule has 3 nitrogen and oxygen atoms in total. The number of benzene rings is 2. The molecule has 0 aromatic heterocycles. The molecule has 0 bridgehead atoms. The summed E-state index contributed by atoms with van der Waals surface area (Å²) in [4.78, 5) is 15.2. The third-order valence-electron chi connectivity index (χ3n) is 5.39. The van der Waals surface area contributed by atoms with Crippen molar-refractivity contribution in [2.75, 3.05) is 23.3 Å². The smallest absolute Gasteiger partial charge is 0.235 e. The van der Waals surface area contributed by atoms with Gasteiger partial charge in [0.05, 0.1) is 5.41 Å². The van der Waals surface area contributed by atoms with E-state index in [9.17, 15) is 4.79 Å². The lowest BCUT2D eigenvalue weighted by Crippen LogP contribution is -2.27. The van der Waals surface area contributed by atoms with E-state index in [1.807, 2.05) is 12.1 Å². The second-order valence-corrected chi connectivity index (χ2v) is 7.14. The van der Waals surface area contributed by atoms with Crippen molar-refractivity contribution < 1.29 is 4.79 Å². The monoisotopic (exact) mass is 320 g/mol. The van der Waals surface area contributed by atoms with Gasteiger partial charge in [-0.3, -0.25) is 4.79 Å². The van der Waals surface area contributed by atoms with Crippen molar-refractivity contribution in [2.45, 2.75) is 38.0 Å². The van der Waals surface area contributed by atoms with Crippen LogP contribution in [0, 0.1) is 6.92 Å². The van der Waals surface area contributed by atoms with Crippen molar-refractivity contribution in [3.05, 3.63) is 59.7 Å². The van der Waals surface area contributed by atoms with Gasteiger partial charge in [0.1, 0.15) is 0 Å². The molecule has 3 heteroatoms. The van der Waals surface area contributed by atoms with Gasteiger partial charge in [-0.15, -0.1) is 0 Å². The van der Waals surface area contributed by atoms with Crippen LogP contribution in [0.1, 0.15) is 36.8 Å². The summed E-state index contributed by atoms with van der Waals surface area (Å²) in [6, 6.07) is 16.7. The lowest BCUT2D eigenvalue weighted by atomic mass is 9.94. The summed E-state index contributed by atoms with van der Waals surface area (Å²) in [5.41, 5.74) is 4.19. The number of nitrogens with one attached hydrogen (secondary N) is 1. The number of hydrogen-bond donors (Lipinski definition) is 1. The maximum Gasteiger partial charge on any atom is 0.235 e. The van der Waals surface area contributed by atoms with Crippen molar-refractivity contribution >= 4 is 17.3 Å². The first-order valence-electron chi connectivity index (χ1n) is 8.91. The molecule has 1 saturated carbocycles. The normalized spacial score (nSPS) is 18.5. The Kier molecular flexibility index (Phi) is 3.79. The van der Waals surface area contributed by atoms with Crippen molar-refractivity contribution in [1.29, 1.82) is 0 Å². The van der Waals surface area contributed by atoms with Crippen LogP contribution in [0.3, 0.4) is 0 Å². The van der Waals surface area contributed by atoms with Gasteiger partial charge in [-0.25, -0.2) is 0 Å². The molecule has 124 valence electrons. The molecule has 1 amide bonds. The minimum absolute atomic E-state index is 0.125. The predicted octanol–water partition coefficient (Wildman–Crippen LogP) is 4.27. The summed E-state index contributed by atoms with van der Waals surface area (Å²) in [5, 5.41) is 3.12. The minimum atomic E-state index is -0.318. The van der Waals surface area contributed by atoms with Gasteiger partial charge >= 0.3 is 0 Å². The molecule has 4 rings (SSSR count). The predicted molar refractivity (Wildman–Crippen MR) is 98.6 cm³/mol.